The molecule has 1 aliphatic heterocycles. The van der Waals surface area contributed by atoms with Crippen LogP contribution in [0.4, 0.5) is 5.69 Å². The number of anilines is 1. The highest BCUT2D eigenvalue weighted by Gasteiger charge is 2.19. The number of para-hydroxylation sites is 2. The molecular formula is C19H19N3O3S. The van der Waals surface area contributed by atoms with Gasteiger partial charge in [0.25, 0.3) is 0 Å². The Hall–Kier alpha value is -2.67. The van der Waals surface area contributed by atoms with E-state index < -0.39 is 0 Å². The van der Waals surface area contributed by atoms with Gasteiger partial charge in [0.05, 0.1) is 16.3 Å². The van der Waals surface area contributed by atoms with E-state index in [1.165, 1.54) is 11.8 Å². The molecule has 0 fully saturated rings. The lowest BCUT2D eigenvalue weighted by Crippen LogP contribution is -2.23. The number of amides is 1. The van der Waals surface area contributed by atoms with Crippen LogP contribution in [0.25, 0.3) is 11.0 Å². The van der Waals surface area contributed by atoms with E-state index in [1.54, 1.807) is 6.07 Å². The van der Waals surface area contributed by atoms with E-state index in [1.807, 2.05) is 54.9 Å². The zero-order chi connectivity index (χ0) is 18.1. The Balaban J connectivity index is 1.46. The van der Waals surface area contributed by atoms with Gasteiger partial charge in [-0.25, -0.2) is 4.98 Å². The second-order valence-electron chi connectivity index (χ2n) is 6.05. The summed E-state index contributed by atoms with van der Waals surface area (Å²) in [7, 11) is 1.96. The number of carbonyl (C=O) groups excluding carboxylic acids is 1. The molecule has 0 bridgehead atoms. The summed E-state index contributed by atoms with van der Waals surface area (Å²) < 4.78 is 13.1. The van der Waals surface area contributed by atoms with Crippen molar-refractivity contribution in [3.63, 3.8) is 0 Å². The van der Waals surface area contributed by atoms with Crippen molar-refractivity contribution in [2.45, 2.75) is 17.3 Å². The van der Waals surface area contributed by atoms with Crippen molar-refractivity contribution in [2.24, 2.45) is 7.05 Å². The molecule has 1 N–H and O–H groups in total. The number of thioether (sulfide) groups is 1. The molecule has 0 radical (unpaired) electrons. The van der Waals surface area contributed by atoms with Crippen molar-refractivity contribution in [1.29, 1.82) is 0 Å². The van der Waals surface area contributed by atoms with Gasteiger partial charge in [0, 0.05) is 18.8 Å². The molecule has 0 spiro atoms. The summed E-state index contributed by atoms with van der Waals surface area (Å²) in [5.74, 6) is 1.28. The van der Waals surface area contributed by atoms with Crippen LogP contribution >= 0.6 is 11.8 Å². The van der Waals surface area contributed by atoms with Crippen molar-refractivity contribution < 1.29 is 14.3 Å². The summed E-state index contributed by atoms with van der Waals surface area (Å²) in [6, 6.07) is 13.4. The van der Waals surface area contributed by atoms with Crippen LogP contribution in [0, 0.1) is 0 Å². The number of aromatic nitrogens is 2. The molecule has 0 saturated carbocycles. The maximum Gasteiger partial charge on any atom is 0.237 e. The molecule has 1 aromatic heterocycles. The fraction of sp³-hybridized carbons (Fsp3) is 0.263. The Morgan fingerprint density at radius 2 is 1.96 bits per heavy atom. The lowest BCUT2D eigenvalue weighted by molar-refractivity contribution is -0.115. The second kappa shape index (κ2) is 6.92. The first-order chi connectivity index (χ1) is 12.6. The van der Waals surface area contributed by atoms with Gasteiger partial charge in [0.2, 0.25) is 5.91 Å². The van der Waals surface area contributed by atoms with Gasteiger partial charge >= 0.3 is 0 Å². The predicted octanol–water partition coefficient (Wildman–Crippen LogP) is 3.46. The van der Waals surface area contributed by atoms with Crippen molar-refractivity contribution in [2.75, 3.05) is 18.5 Å². The maximum atomic E-state index is 12.6. The molecule has 1 unspecified atom stereocenters. The molecule has 4 rings (SSSR count). The van der Waals surface area contributed by atoms with Gasteiger partial charge in [-0.3, -0.25) is 4.79 Å². The molecule has 26 heavy (non-hydrogen) atoms. The third-order valence-electron chi connectivity index (χ3n) is 4.21. The minimum atomic E-state index is -0.293. The average Bonchev–Trinajstić information content (AvgIpc) is 2.97. The lowest BCUT2D eigenvalue weighted by Gasteiger charge is -2.19. The quantitative estimate of drug-likeness (QED) is 0.714. The predicted molar refractivity (Wildman–Crippen MR) is 102 cm³/mol. The monoisotopic (exact) mass is 369 g/mol. The Bertz CT molecular complexity index is 970. The molecular weight excluding hydrogens is 350 g/mol. The highest BCUT2D eigenvalue weighted by atomic mass is 32.2. The van der Waals surface area contributed by atoms with E-state index in [-0.39, 0.29) is 11.2 Å². The van der Waals surface area contributed by atoms with Crippen molar-refractivity contribution in [3.8, 4) is 11.5 Å². The number of rotatable bonds is 4. The van der Waals surface area contributed by atoms with Crippen LogP contribution in [0.3, 0.4) is 0 Å². The minimum Gasteiger partial charge on any atom is -0.486 e. The number of aryl methyl sites for hydroxylation is 1. The molecule has 0 saturated heterocycles. The maximum absolute atomic E-state index is 12.6. The molecule has 1 aliphatic rings. The number of hydrogen-bond donors (Lipinski definition) is 1. The van der Waals surface area contributed by atoms with E-state index in [9.17, 15) is 4.79 Å². The van der Waals surface area contributed by atoms with E-state index in [0.717, 1.165) is 16.2 Å². The fourth-order valence-corrected chi connectivity index (χ4v) is 3.70. The Morgan fingerprint density at radius 3 is 2.77 bits per heavy atom. The van der Waals surface area contributed by atoms with E-state index in [0.29, 0.717) is 30.4 Å². The van der Waals surface area contributed by atoms with E-state index in [2.05, 4.69) is 10.3 Å². The molecule has 6 nitrogen and oxygen atoms in total. The second-order valence-corrected chi connectivity index (χ2v) is 7.36. The summed E-state index contributed by atoms with van der Waals surface area (Å²) in [5.41, 5.74) is 2.67. The number of nitrogens with one attached hydrogen (secondary N) is 1. The van der Waals surface area contributed by atoms with Crippen LogP contribution in [0.5, 0.6) is 11.5 Å². The largest absolute Gasteiger partial charge is 0.486 e. The third kappa shape index (κ3) is 3.22. The van der Waals surface area contributed by atoms with Crippen molar-refractivity contribution in [3.05, 3.63) is 42.5 Å². The molecule has 1 atom stereocenters. The Labute approximate surface area is 155 Å². The van der Waals surface area contributed by atoms with E-state index >= 15 is 0 Å². The van der Waals surface area contributed by atoms with Crippen molar-refractivity contribution in [1.82, 2.24) is 9.55 Å². The number of benzene rings is 2. The molecule has 0 aliphatic carbocycles. The van der Waals surface area contributed by atoms with Crippen LogP contribution in [0.15, 0.2) is 47.6 Å². The van der Waals surface area contributed by atoms with Gasteiger partial charge in [-0.15, -0.1) is 0 Å². The SMILES string of the molecule is CC(Sc1nc2ccccc2n1C)C(=O)Nc1ccc2c(c1)OCCO2. The molecule has 7 heteroatoms. The van der Waals surface area contributed by atoms with Gasteiger partial charge in [0.15, 0.2) is 16.7 Å². The van der Waals surface area contributed by atoms with Gasteiger partial charge in [-0.2, -0.15) is 0 Å². The standard InChI is InChI=1S/C19H19N3O3S/c1-12(26-19-21-14-5-3-4-6-15(14)22(19)2)18(23)20-13-7-8-16-17(11-13)25-10-9-24-16/h3-8,11-12H,9-10H2,1-2H3,(H,20,23). The summed E-state index contributed by atoms with van der Waals surface area (Å²) in [6.45, 7) is 2.94. The number of imidazole rings is 1. The van der Waals surface area contributed by atoms with Crippen LogP contribution in [-0.2, 0) is 11.8 Å². The zero-order valence-electron chi connectivity index (χ0n) is 14.6. The average molecular weight is 369 g/mol. The van der Waals surface area contributed by atoms with Crippen molar-refractivity contribution >= 4 is 34.4 Å². The zero-order valence-corrected chi connectivity index (χ0v) is 15.4. The first kappa shape index (κ1) is 16.8. The molecule has 2 heterocycles. The Kier molecular flexibility index (Phi) is 4.46. The number of fused-ring (bicyclic) bond motifs is 2. The number of carbonyl (C=O) groups is 1. The first-order valence-corrected chi connectivity index (χ1v) is 9.28. The topological polar surface area (TPSA) is 65.4 Å². The highest BCUT2D eigenvalue weighted by molar-refractivity contribution is 8.00. The minimum absolute atomic E-state index is 0.0845. The summed E-state index contributed by atoms with van der Waals surface area (Å²) >= 11 is 1.44. The first-order valence-electron chi connectivity index (χ1n) is 8.40. The van der Waals surface area contributed by atoms with Crippen LogP contribution in [-0.4, -0.2) is 33.9 Å². The van der Waals surface area contributed by atoms with Gasteiger partial charge in [0.1, 0.15) is 13.2 Å². The molecule has 1 amide bonds. The summed E-state index contributed by atoms with van der Waals surface area (Å²) in [6.07, 6.45) is 0. The van der Waals surface area contributed by atoms with Gasteiger partial charge in [-0.1, -0.05) is 23.9 Å². The molecule has 2 aromatic carbocycles. The number of nitrogens with zero attached hydrogens (tertiary/aromatic N) is 2. The lowest BCUT2D eigenvalue weighted by atomic mass is 10.2. The van der Waals surface area contributed by atoms with E-state index in [4.69, 9.17) is 9.47 Å². The van der Waals surface area contributed by atoms with Gasteiger partial charge in [-0.05, 0) is 31.2 Å². The number of hydrogen-bond acceptors (Lipinski definition) is 5. The van der Waals surface area contributed by atoms with Gasteiger partial charge < -0.3 is 19.4 Å². The normalized spacial score (nSPS) is 14.2. The van der Waals surface area contributed by atoms with Crippen LogP contribution in [0.1, 0.15) is 6.92 Å². The fourth-order valence-electron chi connectivity index (χ4n) is 2.81. The summed E-state index contributed by atoms with van der Waals surface area (Å²) in [4.78, 5) is 17.2. The smallest absolute Gasteiger partial charge is 0.237 e. The molecule has 134 valence electrons. The highest BCUT2D eigenvalue weighted by Crippen LogP contribution is 2.33. The number of ether oxygens (including phenoxy) is 2. The van der Waals surface area contributed by atoms with Crippen LogP contribution in [0.2, 0.25) is 0 Å². The Morgan fingerprint density at radius 1 is 1.19 bits per heavy atom. The van der Waals surface area contributed by atoms with Crippen LogP contribution < -0.4 is 14.8 Å². The summed E-state index contributed by atoms with van der Waals surface area (Å²) in [5, 5.41) is 3.46. The molecule has 3 aromatic rings. The third-order valence-corrected chi connectivity index (χ3v) is 5.35.